The van der Waals surface area contributed by atoms with Crippen LogP contribution in [0.1, 0.15) is 26.5 Å². The Balaban J connectivity index is 1.87. The van der Waals surface area contributed by atoms with Gasteiger partial charge in [-0.15, -0.1) is 0 Å². The number of anilines is 1. The van der Waals surface area contributed by atoms with E-state index in [0.29, 0.717) is 31.9 Å². The van der Waals surface area contributed by atoms with Crippen LogP contribution < -0.4 is 4.90 Å². The molecule has 0 spiro atoms. The molecule has 25 heavy (non-hydrogen) atoms. The molecule has 9 heteroatoms. The van der Waals surface area contributed by atoms with E-state index in [9.17, 15) is 13.2 Å². The summed E-state index contributed by atoms with van der Waals surface area (Å²) in [7, 11) is -3.48. The highest BCUT2D eigenvalue weighted by molar-refractivity contribution is 7.85. The number of carbonyl (C=O) groups excluding carboxylic acids is 1. The van der Waals surface area contributed by atoms with Gasteiger partial charge in [-0.05, 0) is 32.9 Å². The van der Waals surface area contributed by atoms with Crippen LogP contribution in [0.25, 0.3) is 0 Å². The van der Waals surface area contributed by atoms with E-state index >= 15 is 0 Å². The number of amides is 1. The van der Waals surface area contributed by atoms with E-state index in [0.717, 1.165) is 11.9 Å². The van der Waals surface area contributed by atoms with E-state index in [2.05, 4.69) is 9.88 Å². The number of pyridine rings is 1. The van der Waals surface area contributed by atoms with Gasteiger partial charge in [0, 0.05) is 26.2 Å². The zero-order valence-electron chi connectivity index (χ0n) is 15.1. The van der Waals surface area contributed by atoms with Crippen LogP contribution in [-0.2, 0) is 25.6 Å². The highest BCUT2D eigenvalue weighted by atomic mass is 32.2. The summed E-state index contributed by atoms with van der Waals surface area (Å²) in [6.07, 6.45) is 2.40. The molecule has 0 aliphatic carbocycles. The molecule has 0 unspecified atom stereocenters. The lowest BCUT2D eigenvalue weighted by Gasteiger charge is -2.36. The lowest BCUT2D eigenvalue weighted by atomic mass is 10.2. The second kappa shape index (κ2) is 7.57. The molecular formula is C16H25N3O5S. The van der Waals surface area contributed by atoms with Gasteiger partial charge in [0.05, 0.1) is 23.8 Å². The van der Waals surface area contributed by atoms with Crippen LogP contribution in [0.4, 0.5) is 10.5 Å². The topological polar surface area (TPSA) is 89.0 Å². The van der Waals surface area contributed by atoms with Crippen molar-refractivity contribution in [2.45, 2.75) is 33.0 Å². The summed E-state index contributed by atoms with van der Waals surface area (Å²) in [4.78, 5) is 20.1. The number of carbonyl (C=O) groups is 1. The van der Waals surface area contributed by atoms with Gasteiger partial charge >= 0.3 is 6.09 Å². The zero-order chi connectivity index (χ0) is 18.7. The molecule has 0 saturated carbocycles. The van der Waals surface area contributed by atoms with Crippen molar-refractivity contribution in [1.82, 2.24) is 9.88 Å². The molecule has 1 aromatic rings. The quantitative estimate of drug-likeness (QED) is 0.743. The number of ether oxygens (including phenoxy) is 1. The highest BCUT2D eigenvalue weighted by Crippen LogP contribution is 2.18. The first-order valence-corrected chi connectivity index (χ1v) is 9.87. The van der Waals surface area contributed by atoms with Gasteiger partial charge < -0.3 is 14.5 Å². The first kappa shape index (κ1) is 19.5. The van der Waals surface area contributed by atoms with Crippen LogP contribution in [-0.4, -0.2) is 62.4 Å². The third-order valence-corrected chi connectivity index (χ3v) is 4.07. The van der Waals surface area contributed by atoms with E-state index in [-0.39, 0.29) is 12.7 Å². The Hall–Kier alpha value is -1.87. The Kier molecular flexibility index (Phi) is 5.89. The predicted molar refractivity (Wildman–Crippen MR) is 93.9 cm³/mol. The largest absolute Gasteiger partial charge is 0.444 e. The van der Waals surface area contributed by atoms with Crippen LogP contribution >= 0.6 is 0 Å². The van der Waals surface area contributed by atoms with Crippen LogP contribution in [0.5, 0.6) is 0 Å². The molecule has 2 heterocycles. The molecule has 8 nitrogen and oxygen atoms in total. The summed E-state index contributed by atoms with van der Waals surface area (Å²) in [5, 5.41) is 0. The molecule has 0 N–H and O–H groups in total. The summed E-state index contributed by atoms with van der Waals surface area (Å²) < 4.78 is 32.1. The molecular weight excluding hydrogens is 346 g/mol. The lowest BCUT2D eigenvalue weighted by Crippen LogP contribution is -2.50. The Bertz CT molecular complexity index is 689. The maximum Gasteiger partial charge on any atom is 0.410 e. The average Bonchev–Trinajstić information content (AvgIpc) is 2.51. The molecule has 1 aromatic heterocycles. The third kappa shape index (κ3) is 6.50. The summed E-state index contributed by atoms with van der Waals surface area (Å²) in [5.41, 5.74) is 0.968. The molecule has 0 atom stereocenters. The van der Waals surface area contributed by atoms with Crippen molar-refractivity contribution in [2.75, 3.05) is 37.3 Å². The fourth-order valence-corrected chi connectivity index (χ4v) is 2.67. The number of nitrogens with zero attached hydrogens (tertiary/aromatic N) is 3. The maximum atomic E-state index is 12.1. The molecule has 0 radical (unpaired) electrons. The Morgan fingerprint density at radius 1 is 1.20 bits per heavy atom. The summed E-state index contributed by atoms with van der Waals surface area (Å²) in [6.45, 7) is 7.99. The first-order chi connectivity index (χ1) is 11.5. The van der Waals surface area contributed by atoms with Crippen molar-refractivity contribution in [3.63, 3.8) is 0 Å². The van der Waals surface area contributed by atoms with Crippen molar-refractivity contribution in [2.24, 2.45) is 0 Å². The monoisotopic (exact) mass is 371 g/mol. The fourth-order valence-electron chi connectivity index (χ4n) is 2.33. The SMILES string of the molecule is CC(C)(C)OC(=O)N1CCN(c2ccc(COS(C)(=O)=O)nc2)CC1. The minimum Gasteiger partial charge on any atom is -0.444 e. The number of aromatic nitrogens is 1. The summed E-state index contributed by atoms with van der Waals surface area (Å²) in [5.74, 6) is 0. The first-order valence-electron chi connectivity index (χ1n) is 8.06. The van der Waals surface area contributed by atoms with Gasteiger partial charge in [0.15, 0.2) is 0 Å². The van der Waals surface area contributed by atoms with Gasteiger partial charge in [-0.25, -0.2) is 4.79 Å². The van der Waals surface area contributed by atoms with Crippen LogP contribution in [0.2, 0.25) is 0 Å². The average molecular weight is 371 g/mol. The molecule has 1 saturated heterocycles. The van der Waals surface area contributed by atoms with Crippen LogP contribution in [0, 0.1) is 0 Å². The Morgan fingerprint density at radius 2 is 1.84 bits per heavy atom. The van der Waals surface area contributed by atoms with E-state index in [4.69, 9.17) is 8.92 Å². The number of hydrogen-bond acceptors (Lipinski definition) is 7. The minimum atomic E-state index is -3.48. The van der Waals surface area contributed by atoms with Crippen molar-refractivity contribution in [3.8, 4) is 0 Å². The van der Waals surface area contributed by atoms with E-state index in [1.807, 2.05) is 26.8 Å². The molecule has 1 aliphatic rings. The maximum absolute atomic E-state index is 12.1. The Morgan fingerprint density at radius 3 is 2.32 bits per heavy atom. The van der Waals surface area contributed by atoms with E-state index in [1.54, 1.807) is 17.2 Å². The molecule has 2 rings (SSSR count). The van der Waals surface area contributed by atoms with Gasteiger partial charge in [-0.2, -0.15) is 8.42 Å². The smallest absolute Gasteiger partial charge is 0.410 e. The molecule has 0 aromatic carbocycles. The van der Waals surface area contributed by atoms with Gasteiger partial charge in [0.25, 0.3) is 10.1 Å². The van der Waals surface area contributed by atoms with Crippen molar-refractivity contribution in [1.29, 1.82) is 0 Å². The van der Waals surface area contributed by atoms with Crippen molar-refractivity contribution >= 4 is 21.9 Å². The van der Waals surface area contributed by atoms with E-state index in [1.165, 1.54) is 0 Å². The Labute approximate surface area is 148 Å². The second-order valence-corrected chi connectivity index (χ2v) is 8.57. The van der Waals surface area contributed by atoms with Crippen LogP contribution in [0.15, 0.2) is 18.3 Å². The summed E-state index contributed by atoms with van der Waals surface area (Å²) >= 11 is 0. The third-order valence-electron chi connectivity index (χ3n) is 3.53. The summed E-state index contributed by atoms with van der Waals surface area (Å²) in [6, 6.07) is 3.61. The minimum absolute atomic E-state index is 0.0778. The normalized spacial score (nSPS) is 16.0. The predicted octanol–water partition coefficient (Wildman–Crippen LogP) is 1.61. The lowest BCUT2D eigenvalue weighted by molar-refractivity contribution is 0.0240. The molecule has 1 aliphatic heterocycles. The van der Waals surface area contributed by atoms with Gasteiger partial charge in [0.2, 0.25) is 0 Å². The van der Waals surface area contributed by atoms with Gasteiger partial charge in [-0.1, -0.05) is 0 Å². The van der Waals surface area contributed by atoms with Crippen LogP contribution in [0.3, 0.4) is 0 Å². The number of rotatable bonds is 4. The van der Waals surface area contributed by atoms with Crippen molar-refractivity contribution < 1.29 is 22.1 Å². The fraction of sp³-hybridized carbons (Fsp3) is 0.625. The highest BCUT2D eigenvalue weighted by Gasteiger charge is 2.26. The van der Waals surface area contributed by atoms with Gasteiger partial charge in [0.1, 0.15) is 12.2 Å². The van der Waals surface area contributed by atoms with E-state index < -0.39 is 15.7 Å². The molecule has 140 valence electrons. The standard InChI is InChI=1S/C16H25N3O5S/c1-16(2,3)24-15(20)19-9-7-18(8-10-19)14-6-5-13(17-11-14)12-23-25(4,21)22/h5-6,11H,7-10,12H2,1-4H3. The van der Waals surface area contributed by atoms with Gasteiger partial charge in [-0.3, -0.25) is 9.17 Å². The molecule has 1 fully saturated rings. The van der Waals surface area contributed by atoms with Crippen molar-refractivity contribution in [3.05, 3.63) is 24.0 Å². The zero-order valence-corrected chi connectivity index (χ0v) is 15.9. The second-order valence-electron chi connectivity index (χ2n) is 6.93. The number of piperazine rings is 1. The molecule has 0 bridgehead atoms. The number of hydrogen-bond donors (Lipinski definition) is 0. The molecule has 1 amide bonds.